The van der Waals surface area contributed by atoms with Gasteiger partial charge < -0.3 is 10.3 Å². The number of rotatable bonds is 2. The van der Waals surface area contributed by atoms with E-state index in [4.69, 9.17) is 5.11 Å². The molecule has 0 bridgehead atoms. The first kappa shape index (κ1) is 9.38. The van der Waals surface area contributed by atoms with Crippen molar-refractivity contribution in [2.45, 2.75) is 13.3 Å². The quantitative estimate of drug-likeness (QED) is 0.526. The summed E-state index contributed by atoms with van der Waals surface area (Å²) in [6, 6.07) is 1.18. The van der Waals surface area contributed by atoms with E-state index in [1.54, 1.807) is 6.92 Å². The van der Waals surface area contributed by atoms with E-state index in [9.17, 15) is 10.0 Å². The van der Waals surface area contributed by atoms with Gasteiger partial charge in [-0.05, 0) is 6.92 Å². The molecular formula is C9H11NO3. The fourth-order valence-electron chi connectivity index (χ4n) is 0.995. The standard InChI is InChI=1S/C9H11NO3/c1-6(2)3-7-4-8(11)9(12)5-10(7)13/h4-5,12-13H,1,3H2,2H3. The SMILES string of the molecule is C=C(C)Cc1cc(=O)c(O)cn1O. The fraction of sp³-hybridized carbons (Fsp3) is 0.222. The zero-order valence-electron chi connectivity index (χ0n) is 7.32. The number of aromatic nitrogens is 1. The van der Waals surface area contributed by atoms with E-state index in [2.05, 4.69) is 6.58 Å². The predicted molar refractivity (Wildman–Crippen MR) is 48.1 cm³/mol. The van der Waals surface area contributed by atoms with Crippen molar-refractivity contribution in [3.05, 3.63) is 40.3 Å². The van der Waals surface area contributed by atoms with E-state index in [0.29, 0.717) is 12.1 Å². The summed E-state index contributed by atoms with van der Waals surface area (Å²) in [5, 5.41) is 18.2. The Morgan fingerprint density at radius 1 is 1.69 bits per heavy atom. The Bertz CT molecular complexity index is 392. The average Bonchev–Trinajstić information content (AvgIpc) is 1.99. The Labute approximate surface area is 75.3 Å². The van der Waals surface area contributed by atoms with Crippen molar-refractivity contribution in [1.29, 1.82) is 0 Å². The smallest absolute Gasteiger partial charge is 0.223 e. The van der Waals surface area contributed by atoms with Gasteiger partial charge in [-0.1, -0.05) is 12.2 Å². The van der Waals surface area contributed by atoms with Crippen molar-refractivity contribution in [1.82, 2.24) is 4.73 Å². The molecule has 0 aromatic carbocycles. The maximum atomic E-state index is 11.0. The van der Waals surface area contributed by atoms with Crippen LogP contribution in [0, 0.1) is 0 Å². The van der Waals surface area contributed by atoms with Gasteiger partial charge in [-0.15, -0.1) is 0 Å². The molecule has 1 rings (SSSR count). The van der Waals surface area contributed by atoms with Crippen molar-refractivity contribution in [3.8, 4) is 5.75 Å². The Kier molecular flexibility index (Phi) is 2.41. The van der Waals surface area contributed by atoms with Gasteiger partial charge in [0, 0.05) is 12.5 Å². The zero-order chi connectivity index (χ0) is 10.0. The van der Waals surface area contributed by atoms with Crippen molar-refractivity contribution in [2.75, 3.05) is 0 Å². The van der Waals surface area contributed by atoms with E-state index in [1.165, 1.54) is 6.07 Å². The molecule has 0 saturated heterocycles. The third-order valence-corrected chi connectivity index (χ3v) is 1.57. The summed E-state index contributed by atoms with van der Waals surface area (Å²) < 4.78 is 0.728. The second-order valence-corrected chi connectivity index (χ2v) is 2.99. The summed E-state index contributed by atoms with van der Waals surface area (Å²) in [6.07, 6.45) is 1.38. The van der Waals surface area contributed by atoms with Crippen molar-refractivity contribution >= 4 is 0 Å². The summed E-state index contributed by atoms with van der Waals surface area (Å²) in [7, 11) is 0. The minimum atomic E-state index is -0.499. The summed E-state index contributed by atoms with van der Waals surface area (Å²) in [6.45, 7) is 5.44. The van der Waals surface area contributed by atoms with Gasteiger partial charge in [0.25, 0.3) is 0 Å². The molecule has 0 amide bonds. The molecule has 0 atom stereocenters. The topological polar surface area (TPSA) is 62.5 Å². The molecule has 0 saturated carbocycles. The van der Waals surface area contributed by atoms with Gasteiger partial charge in [0.2, 0.25) is 5.43 Å². The van der Waals surface area contributed by atoms with Crippen molar-refractivity contribution in [2.24, 2.45) is 0 Å². The van der Waals surface area contributed by atoms with Crippen LogP contribution in [0.15, 0.2) is 29.2 Å². The summed E-state index contributed by atoms with van der Waals surface area (Å²) >= 11 is 0. The lowest BCUT2D eigenvalue weighted by atomic mass is 10.2. The summed E-state index contributed by atoms with van der Waals surface area (Å²) in [5.41, 5.74) is 0.740. The fourth-order valence-corrected chi connectivity index (χ4v) is 0.995. The number of hydrogen-bond donors (Lipinski definition) is 2. The van der Waals surface area contributed by atoms with E-state index in [1.807, 2.05) is 0 Å². The molecular weight excluding hydrogens is 170 g/mol. The minimum absolute atomic E-state index is 0.409. The van der Waals surface area contributed by atoms with E-state index in [-0.39, 0.29) is 0 Å². The van der Waals surface area contributed by atoms with Gasteiger partial charge in [0.1, 0.15) is 0 Å². The molecule has 70 valence electrons. The minimum Gasteiger partial charge on any atom is -0.503 e. The number of allylic oxidation sites excluding steroid dienone is 1. The van der Waals surface area contributed by atoms with Gasteiger partial charge in [-0.3, -0.25) is 4.79 Å². The molecule has 0 unspecified atom stereocenters. The first-order valence-electron chi connectivity index (χ1n) is 3.79. The molecule has 0 aliphatic rings. The first-order valence-corrected chi connectivity index (χ1v) is 3.79. The highest BCUT2D eigenvalue weighted by Crippen LogP contribution is 2.06. The maximum Gasteiger partial charge on any atom is 0.223 e. The van der Waals surface area contributed by atoms with Crippen molar-refractivity contribution < 1.29 is 10.3 Å². The van der Waals surface area contributed by atoms with Crippen LogP contribution < -0.4 is 5.43 Å². The molecule has 2 N–H and O–H groups in total. The normalized spacial score (nSPS) is 9.92. The van der Waals surface area contributed by atoms with Crippen LogP contribution in [0.2, 0.25) is 0 Å². The Morgan fingerprint density at radius 2 is 2.31 bits per heavy atom. The highest BCUT2D eigenvalue weighted by atomic mass is 16.5. The molecule has 1 heterocycles. The van der Waals surface area contributed by atoms with Gasteiger partial charge >= 0.3 is 0 Å². The van der Waals surface area contributed by atoms with Crippen LogP contribution in [0.5, 0.6) is 5.75 Å². The molecule has 0 aliphatic carbocycles. The molecule has 4 nitrogen and oxygen atoms in total. The van der Waals surface area contributed by atoms with Crippen LogP contribution in [0.3, 0.4) is 0 Å². The van der Waals surface area contributed by atoms with Crippen LogP contribution in [0.25, 0.3) is 0 Å². The van der Waals surface area contributed by atoms with E-state index in [0.717, 1.165) is 16.5 Å². The van der Waals surface area contributed by atoms with Crippen LogP contribution in [0.1, 0.15) is 12.6 Å². The second kappa shape index (κ2) is 3.35. The van der Waals surface area contributed by atoms with Gasteiger partial charge in [-0.25, -0.2) is 0 Å². The maximum absolute atomic E-state index is 11.0. The molecule has 0 aliphatic heterocycles. The van der Waals surface area contributed by atoms with Crippen LogP contribution in [-0.4, -0.2) is 15.0 Å². The number of aromatic hydroxyl groups is 1. The average molecular weight is 181 g/mol. The lowest BCUT2D eigenvalue weighted by molar-refractivity contribution is 0.172. The lowest BCUT2D eigenvalue weighted by Gasteiger charge is -2.06. The van der Waals surface area contributed by atoms with Gasteiger partial charge in [0.05, 0.1) is 11.9 Å². The molecule has 1 aromatic rings. The molecule has 1 aromatic heterocycles. The van der Waals surface area contributed by atoms with Crippen LogP contribution in [0.4, 0.5) is 0 Å². The number of nitrogens with zero attached hydrogens (tertiary/aromatic N) is 1. The zero-order valence-corrected chi connectivity index (χ0v) is 7.32. The highest BCUT2D eigenvalue weighted by molar-refractivity contribution is 5.21. The van der Waals surface area contributed by atoms with Gasteiger partial charge in [0.15, 0.2) is 5.75 Å². The number of hydrogen-bond acceptors (Lipinski definition) is 3. The highest BCUT2D eigenvalue weighted by Gasteiger charge is 2.04. The van der Waals surface area contributed by atoms with E-state index >= 15 is 0 Å². The van der Waals surface area contributed by atoms with Crippen LogP contribution in [-0.2, 0) is 6.42 Å². The van der Waals surface area contributed by atoms with E-state index < -0.39 is 11.2 Å². The third-order valence-electron chi connectivity index (χ3n) is 1.57. The second-order valence-electron chi connectivity index (χ2n) is 2.99. The van der Waals surface area contributed by atoms with Crippen LogP contribution >= 0.6 is 0 Å². The Balaban J connectivity index is 3.16. The largest absolute Gasteiger partial charge is 0.503 e. The molecule has 0 radical (unpaired) electrons. The first-order chi connectivity index (χ1) is 6.00. The molecule has 4 heteroatoms. The molecule has 0 fully saturated rings. The molecule has 13 heavy (non-hydrogen) atoms. The molecule has 0 spiro atoms. The monoisotopic (exact) mass is 181 g/mol. The summed E-state index contributed by atoms with van der Waals surface area (Å²) in [5.74, 6) is -0.465. The Hall–Kier alpha value is -1.71. The predicted octanol–water partition coefficient (Wildman–Crippen LogP) is 0.910. The lowest BCUT2D eigenvalue weighted by Crippen LogP contribution is -2.10. The Morgan fingerprint density at radius 3 is 2.85 bits per heavy atom. The van der Waals surface area contributed by atoms with Crippen molar-refractivity contribution in [3.63, 3.8) is 0 Å². The third kappa shape index (κ3) is 2.11. The summed E-state index contributed by atoms with van der Waals surface area (Å²) in [4.78, 5) is 11.0. The number of pyridine rings is 1. The van der Waals surface area contributed by atoms with Gasteiger partial charge in [-0.2, -0.15) is 4.73 Å².